The highest BCUT2D eigenvalue weighted by Crippen LogP contribution is 2.43. The van der Waals surface area contributed by atoms with Gasteiger partial charge in [0, 0.05) is 0 Å². The standard InChI is InChI=1S/C21H32O9/c1-19(2)22-9-12-11(27-19)7-8-14(24-12)25-16-15(13-10-23-20(3,4)28-13)26-18-17(16)29-21(5,6)30-18/h7-8,11-18H,9-10H2,1-6H3/t11-,12+,13+,14-,15+,16-,17+,18+/m0/s1. The highest BCUT2D eigenvalue weighted by Gasteiger charge is 2.59. The fourth-order valence-corrected chi connectivity index (χ4v) is 4.58. The summed E-state index contributed by atoms with van der Waals surface area (Å²) in [7, 11) is 0. The zero-order valence-electron chi connectivity index (χ0n) is 18.4. The van der Waals surface area contributed by atoms with Crippen LogP contribution >= 0.6 is 0 Å². The van der Waals surface area contributed by atoms with Crippen LogP contribution < -0.4 is 0 Å². The van der Waals surface area contributed by atoms with E-state index in [1.807, 2.05) is 53.7 Å². The summed E-state index contributed by atoms with van der Waals surface area (Å²) in [5, 5.41) is 0. The minimum atomic E-state index is -0.751. The molecule has 5 aliphatic heterocycles. The normalized spacial score (nSPS) is 48.5. The van der Waals surface area contributed by atoms with Crippen LogP contribution in [0.4, 0.5) is 0 Å². The van der Waals surface area contributed by atoms with Crippen molar-refractivity contribution in [3.05, 3.63) is 12.2 Å². The largest absolute Gasteiger partial charge is 0.348 e. The van der Waals surface area contributed by atoms with Gasteiger partial charge < -0.3 is 42.6 Å². The third-order valence-corrected chi connectivity index (χ3v) is 5.86. The molecule has 5 aliphatic rings. The Morgan fingerprint density at radius 1 is 0.700 bits per heavy atom. The van der Waals surface area contributed by atoms with E-state index in [0.717, 1.165) is 0 Å². The van der Waals surface area contributed by atoms with Crippen LogP contribution in [0.15, 0.2) is 12.2 Å². The summed E-state index contributed by atoms with van der Waals surface area (Å²) in [6, 6.07) is 0. The lowest BCUT2D eigenvalue weighted by Gasteiger charge is -2.43. The number of hydrogen-bond acceptors (Lipinski definition) is 9. The van der Waals surface area contributed by atoms with E-state index in [0.29, 0.717) is 13.2 Å². The summed E-state index contributed by atoms with van der Waals surface area (Å²) in [6.07, 6.45) is 0.739. The highest BCUT2D eigenvalue weighted by molar-refractivity contribution is 5.05. The van der Waals surface area contributed by atoms with Crippen molar-refractivity contribution < 1.29 is 42.6 Å². The lowest BCUT2D eigenvalue weighted by molar-refractivity contribution is -0.326. The second kappa shape index (κ2) is 7.19. The number of hydrogen-bond donors (Lipinski definition) is 0. The maximum Gasteiger partial charge on any atom is 0.190 e. The van der Waals surface area contributed by atoms with Gasteiger partial charge in [-0.3, -0.25) is 0 Å². The van der Waals surface area contributed by atoms with Gasteiger partial charge in [-0.05, 0) is 47.6 Å². The van der Waals surface area contributed by atoms with Gasteiger partial charge in [0.15, 0.2) is 29.9 Å². The molecule has 0 N–H and O–H groups in total. The van der Waals surface area contributed by atoms with E-state index >= 15 is 0 Å². The van der Waals surface area contributed by atoms with Crippen molar-refractivity contribution in [1.29, 1.82) is 0 Å². The molecule has 0 aromatic carbocycles. The quantitative estimate of drug-likeness (QED) is 0.625. The first-order chi connectivity index (χ1) is 14.0. The Labute approximate surface area is 176 Å². The van der Waals surface area contributed by atoms with Crippen LogP contribution in [0.5, 0.6) is 0 Å². The van der Waals surface area contributed by atoms with Crippen LogP contribution in [-0.2, 0) is 42.6 Å². The zero-order chi connectivity index (χ0) is 21.3. The fraction of sp³-hybridized carbons (Fsp3) is 0.905. The van der Waals surface area contributed by atoms with Gasteiger partial charge in [-0.2, -0.15) is 0 Å². The molecule has 0 radical (unpaired) electrons. The predicted molar refractivity (Wildman–Crippen MR) is 101 cm³/mol. The third kappa shape index (κ3) is 4.07. The summed E-state index contributed by atoms with van der Waals surface area (Å²) in [4.78, 5) is 0. The average Bonchev–Trinajstić information content (AvgIpc) is 3.24. The first-order valence-corrected chi connectivity index (χ1v) is 10.6. The van der Waals surface area contributed by atoms with Crippen LogP contribution in [-0.4, -0.2) is 79.8 Å². The van der Waals surface area contributed by atoms with Crippen molar-refractivity contribution in [2.24, 2.45) is 0 Å². The number of rotatable bonds is 3. The monoisotopic (exact) mass is 428 g/mol. The van der Waals surface area contributed by atoms with E-state index in [1.54, 1.807) is 0 Å². The Balaban J connectivity index is 1.31. The molecule has 0 spiro atoms. The van der Waals surface area contributed by atoms with Crippen LogP contribution in [0.3, 0.4) is 0 Å². The van der Waals surface area contributed by atoms with Gasteiger partial charge in [0.1, 0.15) is 36.6 Å². The summed E-state index contributed by atoms with van der Waals surface area (Å²) in [5.74, 6) is -2.05. The van der Waals surface area contributed by atoms with Gasteiger partial charge in [0.25, 0.3) is 0 Å². The van der Waals surface area contributed by atoms with Gasteiger partial charge in [-0.15, -0.1) is 0 Å². The lowest BCUT2D eigenvalue weighted by atomic mass is 10.1. The molecule has 4 fully saturated rings. The minimum Gasteiger partial charge on any atom is -0.348 e. The molecule has 9 nitrogen and oxygen atoms in total. The maximum absolute atomic E-state index is 6.37. The molecule has 8 atom stereocenters. The van der Waals surface area contributed by atoms with E-state index in [1.165, 1.54) is 0 Å². The maximum atomic E-state index is 6.37. The van der Waals surface area contributed by atoms with Crippen LogP contribution in [0.1, 0.15) is 41.5 Å². The molecule has 0 aliphatic carbocycles. The molecular formula is C21H32O9. The van der Waals surface area contributed by atoms with Crippen molar-refractivity contribution in [1.82, 2.24) is 0 Å². The molecule has 30 heavy (non-hydrogen) atoms. The first-order valence-electron chi connectivity index (χ1n) is 10.6. The SMILES string of the molecule is CC1(C)O[C@H]2O[C@H]([C@H]3COC(C)(C)O3)[C@H](O[C@H]3C=C[C@@H]4OC(C)(C)OC[C@H]4O3)[C@H]2O1. The van der Waals surface area contributed by atoms with E-state index in [9.17, 15) is 0 Å². The number of fused-ring (bicyclic) bond motifs is 2. The summed E-state index contributed by atoms with van der Waals surface area (Å²) >= 11 is 0. The molecule has 0 aromatic rings. The lowest BCUT2D eigenvalue weighted by Crippen LogP contribution is -2.53. The molecule has 0 saturated carbocycles. The van der Waals surface area contributed by atoms with Crippen molar-refractivity contribution in [2.75, 3.05) is 13.2 Å². The van der Waals surface area contributed by atoms with Crippen molar-refractivity contribution >= 4 is 0 Å². The van der Waals surface area contributed by atoms with Gasteiger partial charge in [-0.1, -0.05) is 6.08 Å². The summed E-state index contributed by atoms with van der Waals surface area (Å²) < 4.78 is 54.1. The van der Waals surface area contributed by atoms with E-state index < -0.39 is 48.3 Å². The number of ether oxygens (including phenoxy) is 9. The van der Waals surface area contributed by atoms with Gasteiger partial charge in [-0.25, -0.2) is 0 Å². The molecule has 0 amide bonds. The minimum absolute atomic E-state index is 0.172. The van der Waals surface area contributed by atoms with E-state index in [4.69, 9.17) is 42.6 Å². The van der Waals surface area contributed by atoms with Crippen LogP contribution in [0.25, 0.3) is 0 Å². The average molecular weight is 428 g/mol. The molecule has 0 bridgehead atoms. The van der Waals surface area contributed by atoms with Crippen molar-refractivity contribution in [3.63, 3.8) is 0 Å². The Hall–Kier alpha value is -0.620. The Kier molecular flexibility index (Phi) is 5.09. The van der Waals surface area contributed by atoms with Crippen LogP contribution in [0.2, 0.25) is 0 Å². The Morgan fingerprint density at radius 2 is 1.40 bits per heavy atom. The smallest absolute Gasteiger partial charge is 0.190 e. The molecule has 0 aromatic heterocycles. The molecule has 0 unspecified atom stereocenters. The summed E-state index contributed by atoms with van der Waals surface area (Å²) in [5.41, 5.74) is 0. The van der Waals surface area contributed by atoms with Crippen molar-refractivity contribution in [3.8, 4) is 0 Å². The second-order valence-corrected chi connectivity index (χ2v) is 9.76. The third-order valence-electron chi connectivity index (χ3n) is 5.86. The van der Waals surface area contributed by atoms with Crippen LogP contribution in [0, 0.1) is 0 Å². The zero-order valence-corrected chi connectivity index (χ0v) is 18.4. The van der Waals surface area contributed by atoms with Gasteiger partial charge in [0.05, 0.1) is 13.2 Å². The molecule has 170 valence electrons. The predicted octanol–water partition coefficient (Wildman–Crippen LogP) is 1.83. The van der Waals surface area contributed by atoms with E-state index in [-0.39, 0.29) is 18.3 Å². The first kappa shape index (κ1) is 21.2. The highest BCUT2D eigenvalue weighted by atomic mass is 16.9. The fourth-order valence-electron chi connectivity index (χ4n) is 4.58. The van der Waals surface area contributed by atoms with Gasteiger partial charge >= 0.3 is 0 Å². The molecule has 5 heterocycles. The van der Waals surface area contributed by atoms with Crippen molar-refractivity contribution in [2.45, 2.75) is 108 Å². The molecule has 4 saturated heterocycles. The Morgan fingerprint density at radius 3 is 2.13 bits per heavy atom. The molecule has 5 rings (SSSR count). The molecular weight excluding hydrogens is 396 g/mol. The summed E-state index contributed by atoms with van der Waals surface area (Å²) in [6.45, 7) is 12.1. The topological polar surface area (TPSA) is 83.1 Å². The van der Waals surface area contributed by atoms with Gasteiger partial charge in [0.2, 0.25) is 0 Å². The Bertz CT molecular complexity index is 690. The second-order valence-electron chi connectivity index (χ2n) is 9.76. The molecule has 9 heteroatoms. The van der Waals surface area contributed by atoms with E-state index in [2.05, 4.69) is 0 Å².